The van der Waals surface area contributed by atoms with Crippen molar-refractivity contribution in [3.63, 3.8) is 0 Å². The smallest absolute Gasteiger partial charge is 0.248 e. The number of nitrogens with zero attached hydrogens (tertiary/aromatic N) is 3. The largest absolute Gasteiger partial charge is 0.374 e. The van der Waals surface area contributed by atoms with Crippen molar-refractivity contribution in [1.82, 2.24) is 10.1 Å². The summed E-state index contributed by atoms with van der Waals surface area (Å²) in [5, 5.41) is 7.25. The van der Waals surface area contributed by atoms with Crippen LogP contribution in [0.5, 0.6) is 0 Å². The highest BCUT2D eigenvalue weighted by Crippen LogP contribution is 2.38. The molecule has 1 atom stereocenters. The number of rotatable bonds is 5. The lowest BCUT2D eigenvalue weighted by Gasteiger charge is -2.19. The molecule has 2 aliphatic rings. The molecule has 1 aliphatic heterocycles. The number of nitrogens with one attached hydrogen (secondary N) is 1. The van der Waals surface area contributed by atoms with E-state index in [0.717, 1.165) is 50.3 Å². The average molecular weight is 316 g/mol. The van der Waals surface area contributed by atoms with Crippen LogP contribution >= 0.6 is 0 Å². The molecule has 0 spiro atoms. The van der Waals surface area contributed by atoms with E-state index in [4.69, 9.17) is 4.52 Å². The summed E-state index contributed by atoms with van der Waals surface area (Å²) in [4.78, 5) is 6.53. The molecule has 1 saturated carbocycles. The summed E-state index contributed by atoms with van der Waals surface area (Å²) < 4.78 is 19.6. The molecule has 2 aromatic rings. The zero-order chi connectivity index (χ0) is 15.8. The molecular formula is C17H21FN4O. The maximum absolute atomic E-state index is 14.3. The first-order valence-corrected chi connectivity index (χ1v) is 8.35. The molecule has 1 saturated heterocycles. The second-order valence-corrected chi connectivity index (χ2v) is 6.49. The van der Waals surface area contributed by atoms with Gasteiger partial charge in [0.25, 0.3) is 0 Å². The number of anilines is 2. The van der Waals surface area contributed by atoms with E-state index in [1.54, 1.807) is 6.07 Å². The van der Waals surface area contributed by atoms with Crippen molar-refractivity contribution in [3.05, 3.63) is 35.7 Å². The normalized spacial score (nSPS) is 19.1. The molecule has 5 nitrogen and oxygen atoms in total. The molecule has 1 N–H and O–H groups in total. The van der Waals surface area contributed by atoms with Gasteiger partial charge in [-0.2, -0.15) is 4.98 Å². The van der Waals surface area contributed by atoms with E-state index < -0.39 is 0 Å². The predicted molar refractivity (Wildman–Crippen MR) is 86.2 cm³/mol. The minimum absolute atomic E-state index is 0.146. The Morgan fingerprint density at radius 3 is 2.78 bits per heavy atom. The zero-order valence-electron chi connectivity index (χ0n) is 13.3. The SMILES string of the molecule is CC(Nc1ccc(N2CCCC2)c(F)c1)c1nc(C2CC2)no1. The Hall–Kier alpha value is -2.11. The number of halogens is 1. The summed E-state index contributed by atoms with van der Waals surface area (Å²) in [7, 11) is 0. The number of hydrogen-bond acceptors (Lipinski definition) is 5. The third-order valence-electron chi connectivity index (χ3n) is 4.55. The molecule has 1 aliphatic carbocycles. The van der Waals surface area contributed by atoms with E-state index in [2.05, 4.69) is 20.4 Å². The molecular weight excluding hydrogens is 295 g/mol. The maximum Gasteiger partial charge on any atom is 0.248 e. The monoisotopic (exact) mass is 316 g/mol. The molecule has 0 amide bonds. The summed E-state index contributed by atoms with van der Waals surface area (Å²) >= 11 is 0. The molecule has 1 unspecified atom stereocenters. The van der Waals surface area contributed by atoms with Gasteiger partial charge in [0.2, 0.25) is 5.89 Å². The van der Waals surface area contributed by atoms with Crippen LogP contribution in [-0.2, 0) is 0 Å². The number of aromatic nitrogens is 2. The van der Waals surface area contributed by atoms with Gasteiger partial charge in [0, 0.05) is 24.7 Å². The minimum Gasteiger partial charge on any atom is -0.374 e. The summed E-state index contributed by atoms with van der Waals surface area (Å²) in [6.07, 6.45) is 4.56. The molecule has 0 radical (unpaired) electrons. The quantitative estimate of drug-likeness (QED) is 0.908. The fraction of sp³-hybridized carbons (Fsp3) is 0.529. The summed E-state index contributed by atoms with van der Waals surface area (Å²) in [6, 6.07) is 5.15. The third-order valence-corrected chi connectivity index (χ3v) is 4.55. The van der Waals surface area contributed by atoms with Gasteiger partial charge >= 0.3 is 0 Å². The van der Waals surface area contributed by atoms with Crippen LogP contribution in [0.1, 0.15) is 56.3 Å². The number of benzene rings is 1. The van der Waals surface area contributed by atoms with E-state index >= 15 is 0 Å². The second-order valence-electron chi connectivity index (χ2n) is 6.49. The van der Waals surface area contributed by atoms with Crippen molar-refractivity contribution >= 4 is 11.4 Å². The van der Waals surface area contributed by atoms with Gasteiger partial charge in [0.1, 0.15) is 11.9 Å². The van der Waals surface area contributed by atoms with Gasteiger partial charge in [-0.1, -0.05) is 5.16 Å². The molecule has 1 aromatic carbocycles. The van der Waals surface area contributed by atoms with Crippen molar-refractivity contribution < 1.29 is 8.91 Å². The maximum atomic E-state index is 14.3. The van der Waals surface area contributed by atoms with Crippen molar-refractivity contribution in [2.24, 2.45) is 0 Å². The number of hydrogen-bond donors (Lipinski definition) is 1. The van der Waals surface area contributed by atoms with E-state index in [1.165, 1.54) is 0 Å². The van der Waals surface area contributed by atoms with Gasteiger partial charge in [0.05, 0.1) is 5.69 Å². The Morgan fingerprint density at radius 1 is 1.30 bits per heavy atom. The summed E-state index contributed by atoms with van der Waals surface area (Å²) in [5.41, 5.74) is 1.42. The fourth-order valence-corrected chi connectivity index (χ4v) is 3.05. The molecule has 23 heavy (non-hydrogen) atoms. The van der Waals surface area contributed by atoms with Gasteiger partial charge in [0.15, 0.2) is 5.82 Å². The highest BCUT2D eigenvalue weighted by atomic mass is 19.1. The Kier molecular flexibility index (Phi) is 3.67. The highest BCUT2D eigenvalue weighted by Gasteiger charge is 2.29. The van der Waals surface area contributed by atoms with Gasteiger partial charge in [-0.25, -0.2) is 4.39 Å². The van der Waals surface area contributed by atoms with Crippen LogP contribution in [0, 0.1) is 5.82 Å². The van der Waals surface area contributed by atoms with E-state index in [0.29, 0.717) is 17.5 Å². The fourth-order valence-electron chi connectivity index (χ4n) is 3.05. The van der Waals surface area contributed by atoms with E-state index in [-0.39, 0.29) is 11.9 Å². The van der Waals surface area contributed by atoms with Gasteiger partial charge in [-0.3, -0.25) is 0 Å². The first kappa shape index (κ1) is 14.5. The van der Waals surface area contributed by atoms with Crippen LogP contribution in [0.4, 0.5) is 15.8 Å². The van der Waals surface area contributed by atoms with Crippen LogP contribution in [0.2, 0.25) is 0 Å². The van der Waals surface area contributed by atoms with Crippen molar-refractivity contribution in [2.45, 2.75) is 44.6 Å². The highest BCUT2D eigenvalue weighted by molar-refractivity contribution is 5.57. The summed E-state index contributed by atoms with van der Waals surface area (Å²) in [6.45, 7) is 3.81. The molecule has 6 heteroatoms. The molecule has 2 heterocycles. The van der Waals surface area contributed by atoms with E-state index in [1.807, 2.05) is 19.1 Å². The topological polar surface area (TPSA) is 54.2 Å². The molecule has 0 bridgehead atoms. The lowest BCUT2D eigenvalue weighted by atomic mass is 10.2. The van der Waals surface area contributed by atoms with Gasteiger partial charge in [-0.05, 0) is 50.8 Å². The van der Waals surface area contributed by atoms with Crippen LogP contribution < -0.4 is 10.2 Å². The molecule has 4 rings (SSSR count). The van der Waals surface area contributed by atoms with Crippen LogP contribution in [0.3, 0.4) is 0 Å². The Balaban J connectivity index is 1.45. The minimum atomic E-state index is -0.187. The lowest BCUT2D eigenvalue weighted by Crippen LogP contribution is -2.19. The van der Waals surface area contributed by atoms with Gasteiger partial charge < -0.3 is 14.7 Å². The molecule has 1 aromatic heterocycles. The third kappa shape index (κ3) is 3.02. The molecule has 122 valence electrons. The van der Waals surface area contributed by atoms with Crippen LogP contribution in [0.15, 0.2) is 22.7 Å². The average Bonchev–Trinajstić information content (AvgIpc) is 3.04. The zero-order valence-corrected chi connectivity index (χ0v) is 13.3. The van der Waals surface area contributed by atoms with Crippen LogP contribution in [0.25, 0.3) is 0 Å². The van der Waals surface area contributed by atoms with Gasteiger partial charge in [-0.15, -0.1) is 0 Å². The Bertz CT molecular complexity index is 692. The first-order valence-electron chi connectivity index (χ1n) is 8.35. The van der Waals surface area contributed by atoms with Crippen molar-refractivity contribution in [2.75, 3.05) is 23.3 Å². The predicted octanol–water partition coefficient (Wildman–Crippen LogP) is 3.86. The Labute approximate surface area is 134 Å². The van der Waals surface area contributed by atoms with Crippen molar-refractivity contribution in [1.29, 1.82) is 0 Å². The second kappa shape index (κ2) is 5.83. The lowest BCUT2D eigenvalue weighted by molar-refractivity contribution is 0.363. The molecule has 2 fully saturated rings. The van der Waals surface area contributed by atoms with Crippen LogP contribution in [-0.4, -0.2) is 23.2 Å². The standard InChI is InChI=1S/C17H21FN4O/c1-11(17-20-16(21-23-17)12-4-5-12)19-13-6-7-15(14(18)10-13)22-8-2-3-9-22/h6-7,10-12,19H,2-5,8-9H2,1H3. The van der Waals surface area contributed by atoms with E-state index in [9.17, 15) is 4.39 Å². The summed E-state index contributed by atoms with van der Waals surface area (Å²) in [5.74, 6) is 1.63. The first-order chi connectivity index (χ1) is 11.2. The Morgan fingerprint density at radius 2 is 2.09 bits per heavy atom. The van der Waals surface area contributed by atoms with Crippen molar-refractivity contribution in [3.8, 4) is 0 Å².